The van der Waals surface area contributed by atoms with Gasteiger partial charge in [-0.3, -0.25) is 9.69 Å². The minimum Gasteiger partial charge on any atom is -0.309 e. The number of rotatable bonds is 7. The van der Waals surface area contributed by atoms with Crippen molar-refractivity contribution < 1.29 is 4.79 Å². The highest BCUT2D eigenvalue weighted by Crippen LogP contribution is 2.34. The molecule has 0 saturated carbocycles. The van der Waals surface area contributed by atoms with E-state index in [9.17, 15) is 4.79 Å². The van der Waals surface area contributed by atoms with E-state index in [1.807, 2.05) is 63.7 Å². The minimum absolute atomic E-state index is 0.0162. The molecule has 0 N–H and O–H groups in total. The zero-order chi connectivity index (χ0) is 20.3. The molecule has 0 spiro atoms. The maximum atomic E-state index is 13.4. The maximum Gasteiger partial charge on any atom is 0.260 e. The van der Waals surface area contributed by atoms with Gasteiger partial charge in [0.15, 0.2) is 5.13 Å². The number of carbonyl (C=O) groups excluding carboxylic acids is 1. The van der Waals surface area contributed by atoms with Crippen molar-refractivity contribution in [2.45, 2.75) is 18.2 Å². The van der Waals surface area contributed by atoms with E-state index in [4.69, 9.17) is 16.6 Å². The topological polar surface area (TPSA) is 36.4 Å². The van der Waals surface area contributed by atoms with Gasteiger partial charge >= 0.3 is 0 Å². The number of halogens is 1. The minimum atomic E-state index is -0.0162. The molecule has 0 aliphatic rings. The van der Waals surface area contributed by atoms with Gasteiger partial charge in [-0.25, -0.2) is 4.98 Å². The summed E-state index contributed by atoms with van der Waals surface area (Å²) >= 11 is 9.36. The molecule has 0 aliphatic heterocycles. The molecule has 148 valence electrons. The van der Waals surface area contributed by atoms with Crippen LogP contribution in [0.5, 0.6) is 0 Å². The number of anilines is 1. The average Bonchev–Trinajstić information content (AvgIpc) is 3.08. The molecule has 3 aromatic rings. The lowest BCUT2D eigenvalue weighted by atomic mass is 10.2. The molecule has 0 aliphatic carbocycles. The average molecular weight is 434 g/mol. The Morgan fingerprint density at radius 2 is 2.00 bits per heavy atom. The Kier molecular flexibility index (Phi) is 6.99. The summed E-state index contributed by atoms with van der Waals surface area (Å²) in [7, 11) is 4.08. The number of thioether (sulfide) groups is 1. The lowest BCUT2D eigenvalue weighted by Gasteiger charge is -2.21. The molecule has 0 atom stereocenters. The first kappa shape index (κ1) is 21.1. The number of aromatic nitrogens is 1. The van der Waals surface area contributed by atoms with E-state index in [-0.39, 0.29) is 5.91 Å². The second-order valence-corrected chi connectivity index (χ2v) is 9.24. The number of aryl methyl sites for hydroxylation is 1. The number of nitrogens with zero attached hydrogens (tertiary/aromatic N) is 3. The van der Waals surface area contributed by atoms with Gasteiger partial charge in [0, 0.05) is 22.0 Å². The van der Waals surface area contributed by atoms with Crippen LogP contribution in [-0.4, -0.2) is 49.2 Å². The molecular formula is C21H24ClN3OS2. The monoisotopic (exact) mass is 433 g/mol. The van der Waals surface area contributed by atoms with Gasteiger partial charge in [0.05, 0.1) is 10.2 Å². The molecule has 1 aromatic heterocycles. The largest absolute Gasteiger partial charge is 0.309 e. The van der Waals surface area contributed by atoms with Crippen LogP contribution in [0.25, 0.3) is 10.2 Å². The van der Waals surface area contributed by atoms with Gasteiger partial charge < -0.3 is 4.90 Å². The highest BCUT2D eigenvalue weighted by Gasteiger charge is 2.22. The summed E-state index contributed by atoms with van der Waals surface area (Å²) in [4.78, 5) is 23.2. The van der Waals surface area contributed by atoms with Crippen molar-refractivity contribution >= 4 is 56.0 Å². The van der Waals surface area contributed by atoms with Crippen LogP contribution in [0.4, 0.5) is 5.13 Å². The zero-order valence-electron chi connectivity index (χ0n) is 16.5. The first-order chi connectivity index (χ1) is 13.4. The van der Waals surface area contributed by atoms with Crippen molar-refractivity contribution in [1.82, 2.24) is 9.88 Å². The van der Waals surface area contributed by atoms with Gasteiger partial charge in [0.1, 0.15) is 0 Å². The van der Waals surface area contributed by atoms with Crippen molar-refractivity contribution in [3.63, 3.8) is 0 Å². The number of carbonyl (C=O) groups is 1. The summed E-state index contributed by atoms with van der Waals surface area (Å²) in [6.45, 7) is 3.52. The first-order valence-electron chi connectivity index (χ1n) is 9.06. The fourth-order valence-electron chi connectivity index (χ4n) is 3.00. The summed E-state index contributed by atoms with van der Waals surface area (Å²) in [5, 5.41) is 1.41. The van der Waals surface area contributed by atoms with E-state index in [0.717, 1.165) is 38.8 Å². The van der Waals surface area contributed by atoms with Crippen LogP contribution in [0.3, 0.4) is 0 Å². The summed E-state index contributed by atoms with van der Waals surface area (Å²) in [6, 6.07) is 11.6. The molecule has 0 bridgehead atoms. The van der Waals surface area contributed by atoms with Gasteiger partial charge in [-0.05, 0) is 76.1 Å². The molecule has 0 fully saturated rings. The summed E-state index contributed by atoms with van der Waals surface area (Å²) < 4.78 is 1.00. The summed E-state index contributed by atoms with van der Waals surface area (Å²) in [5.74, 6) is -0.0162. The molecular weight excluding hydrogens is 410 g/mol. The second-order valence-electron chi connectivity index (χ2n) is 6.91. The highest BCUT2D eigenvalue weighted by molar-refractivity contribution is 7.98. The van der Waals surface area contributed by atoms with E-state index >= 15 is 0 Å². The fraction of sp³-hybridized carbons (Fsp3) is 0.333. The van der Waals surface area contributed by atoms with Crippen LogP contribution >= 0.6 is 34.7 Å². The third kappa shape index (κ3) is 4.87. The van der Waals surface area contributed by atoms with Crippen LogP contribution in [0, 0.1) is 6.92 Å². The SMILES string of the molecule is CSc1cccc(C(=O)N(CCCN(C)C)c2nc3c(C)cc(Cl)cc3s2)c1. The van der Waals surface area contributed by atoms with Gasteiger partial charge in [-0.2, -0.15) is 0 Å². The standard InChI is InChI=1S/C21H24ClN3OS2/c1-14-11-16(22)13-18-19(14)23-21(28-18)25(10-6-9-24(2)3)20(26)15-7-5-8-17(12-15)27-4/h5,7-8,11-13H,6,9-10H2,1-4H3. The third-order valence-electron chi connectivity index (χ3n) is 4.42. The molecule has 0 radical (unpaired) electrons. The number of thiazole rings is 1. The van der Waals surface area contributed by atoms with E-state index in [0.29, 0.717) is 17.1 Å². The Bertz CT molecular complexity index is 987. The quantitative estimate of drug-likeness (QED) is 0.456. The van der Waals surface area contributed by atoms with Crippen LogP contribution in [-0.2, 0) is 0 Å². The van der Waals surface area contributed by atoms with Gasteiger partial charge in [0.2, 0.25) is 0 Å². The van der Waals surface area contributed by atoms with Crippen LogP contribution in [0.15, 0.2) is 41.3 Å². The number of hydrogen-bond acceptors (Lipinski definition) is 5. The van der Waals surface area contributed by atoms with E-state index in [2.05, 4.69) is 4.90 Å². The highest BCUT2D eigenvalue weighted by atomic mass is 35.5. The Morgan fingerprint density at radius 3 is 2.71 bits per heavy atom. The van der Waals surface area contributed by atoms with E-state index in [1.165, 1.54) is 11.3 Å². The lowest BCUT2D eigenvalue weighted by Crippen LogP contribution is -2.33. The van der Waals surface area contributed by atoms with Gasteiger partial charge in [0.25, 0.3) is 5.91 Å². The van der Waals surface area contributed by atoms with Crippen LogP contribution in [0.1, 0.15) is 22.3 Å². The fourth-order valence-corrected chi connectivity index (χ4v) is 4.90. The van der Waals surface area contributed by atoms with Crippen molar-refractivity contribution in [2.75, 3.05) is 38.3 Å². The molecule has 4 nitrogen and oxygen atoms in total. The molecule has 0 saturated heterocycles. The van der Waals surface area contributed by atoms with Crippen molar-refractivity contribution in [3.05, 3.63) is 52.5 Å². The maximum absolute atomic E-state index is 13.4. The first-order valence-corrected chi connectivity index (χ1v) is 11.5. The van der Waals surface area contributed by atoms with Crippen molar-refractivity contribution in [2.24, 2.45) is 0 Å². The molecule has 1 amide bonds. The third-order valence-corrected chi connectivity index (χ3v) is 6.39. The molecule has 2 aromatic carbocycles. The lowest BCUT2D eigenvalue weighted by molar-refractivity contribution is 0.0986. The van der Waals surface area contributed by atoms with Gasteiger partial charge in [-0.1, -0.05) is 29.0 Å². The van der Waals surface area contributed by atoms with Gasteiger partial charge in [-0.15, -0.1) is 11.8 Å². The Balaban J connectivity index is 1.98. The summed E-state index contributed by atoms with van der Waals surface area (Å²) in [5.41, 5.74) is 2.62. The van der Waals surface area contributed by atoms with Crippen molar-refractivity contribution in [1.29, 1.82) is 0 Å². The molecule has 28 heavy (non-hydrogen) atoms. The predicted molar refractivity (Wildman–Crippen MR) is 122 cm³/mol. The number of amides is 1. The normalized spacial score (nSPS) is 11.4. The van der Waals surface area contributed by atoms with Crippen LogP contribution < -0.4 is 4.90 Å². The van der Waals surface area contributed by atoms with E-state index < -0.39 is 0 Å². The molecule has 1 heterocycles. The molecule has 3 rings (SSSR count). The summed E-state index contributed by atoms with van der Waals surface area (Å²) in [6.07, 6.45) is 2.88. The van der Waals surface area contributed by atoms with E-state index in [1.54, 1.807) is 16.7 Å². The Labute approximate surface area is 179 Å². The smallest absolute Gasteiger partial charge is 0.260 e. The number of fused-ring (bicyclic) bond motifs is 1. The predicted octanol–water partition coefficient (Wildman–Crippen LogP) is 5.58. The van der Waals surface area contributed by atoms with Crippen LogP contribution in [0.2, 0.25) is 5.02 Å². The Hall–Kier alpha value is -1.60. The van der Waals surface area contributed by atoms with Crippen molar-refractivity contribution in [3.8, 4) is 0 Å². The molecule has 7 heteroatoms. The Morgan fingerprint density at radius 1 is 1.21 bits per heavy atom. The number of benzene rings is 2. The molecule has 0 unspecified atom stereocenters. The number of hydrogen-bond donors (Lipinski definition) is 0. The second kappa shape index (κ2) is 9.27. The zero-order valence-corrected chi connectivity index (χ0v) is 18.9.